The van der Waals surface area contributed by atoms with E-state index < -0.39 is 12.6 Å². The summed E-state index contributed by atoms with van der Waals surface area (Å²) in [7, 11) is 1.49. The van der Waals surface area contributed by atoms with Crippen molar-refractivity contribution in [1.29, 1.82) is 0 Å². The lowest BCUT2D eigenvalue weighted by Gasteiger charge is -2.09. The number of hydrogen-bond acceptors (Lipinski definition) is 5. The maximum Gasteiger partial charge on any atom is 0.387 e. The van der Waals surface area contributed by atoms with Crippen LogP contribution in [0.1, 0.15) is 21.5 Å². The van der Waals surface area contributed by atoms with Crippen LogP contribution in [0.3, 0.4) is 0 Å². The van der Waals surface area contributed by atoms with E-state index >= 15 is 0 Å². The van der Waals surface area contributed by atoms with Crippen molar-refractivity contribution in [3.05, 3.63) is 65.2 Å². The molecule has 5 nitrogen and oxygen atoms in total. The number of ether oxygens (including phenoxy) is 2. The Bertz CT molecular complexity index is 867. The van der Waals surface area contributed by atoms with Gasteiger partial charge in [0.25, 0.3) is 0 Å². The van der Waals surface area contributed by atoms with Crippen molar-refractivity contribution in [2.45, 2.75) is 12.4 Å². The van der Waals surface area contributed by atoms with Crippen molar-refractivity contribution in [2.24, 2.45) is 0 Å². The zero-order chi connectivity index (χ0) is 20.5. The number of aliphatic carboxylic acids is 1. The zero-order valence-corrected chi connectivity index (χ0v) is 15.7. The highest BCUT2D eigenvalue weighted by atomic mass is 32.2. The molecule has 0 fully saturated rings. The van der Waals surface area contributed by atoms with Gasteiger partial charge < -0.3 is 14.6 Å². The van der Waals surface area contributed by atoms with Crippen molar-refractivity contribution >= 4 is 29.6 Å². The lowest BCUT2D eigenvalue weighted by molar-refractivity contribution is -0.133. The van der Waals surface area contributed by atoms with Gasteiger partial charge in [0.15, 0.2) is 5.78 Å². The molecule has 0 bridgehead atoms. The van der Waals surface area contributed by atoms with Gasteiger partial charge in [-0.15, -0.1) is 11.8 Å². The fourth-order valence-corrected chi connectivity index (χ4v) is 3.10. The van der Waals surface area contributed by atoms with E-state index in [1.165, 1.54) is 37.1 Å². The molecule has 0 atom stereocenters. The number of carboxylic acid groups (broad SMARTS) is 1. The van der Waals surface area contributed by atoms with Gasteiger partial charge in [0.05, 0.1) is 12.9 Å². The highest BCUT2D eigenvalue weighted by molar-refractivity contribution is 7.99. The summed E-state index contributed by atoms with van der Waals surface area (Å²) < 4.78 is 34.6. The Morgan fingerprint density at radius 3 is 2.61 bits per heavy atom. The van der Waals surface area contributed by atoms with Crippen molar-refractivity contribution in [3.63, 3.8) is 0 Å². The molecule has 2 rings (SSSR count). The summed E-state index contributed by atoms with van der Waals surface area (Å²) in [6.45, 7) is -2.96. The fourth-order valence-electron chi connectivity index (χ4n) is 2.38. The van der Waals surface area contributed by atoms with Crippen LogP contribution in [0.15, 0.2) is 48.5 Å². The van der Waals surface area contributed by atoms with E-state index in [4.69, 9.17) is 9.84 Å². The molecule has 0 spiro atoms. The minimum atomic E-state index is -2.96. The van der Waals surface area contributed by atoms with E-state index in [0.717, 1.165) is 0 Å². The van der Waals surface area contributed by atoms with Gasteiger partial charge in [-0.1, -0.05) is 18.2 Å². The molecule has 0 aliphatic carbocycles. The van der Waals surface area contributed by atoms with E-state index in [-0.39, 0.29) is 17.3 Å². The molecule has 148 valence electrons. The molecule has 0 aromatic heterocycles. The summed E-state index contributed by atoms with van der Waals surface area (Å²) >= 11 is 1.19. The largest absolute Gasteiger partial charge is 0.496 e. The highest BCUT2D eigenvalue weighted by Gasteiger charge is 2.11. The molecule has 2 aromatic carbocycles. The second-order valence-corrected chi connectivity index (χ2v) is 6.51. The number of para-hydroxylation sites is 1. The highest BCUT2D eigenvalue weighted by Crippen LogP contribution is 2.26. The van der Waals surface area contributed by atoms with Crippen LogP contribution in [0, 0.1) is 0 Å². The Morgan fingerprint density at radius 2 is 1.93 bits per heavy atom. The van der Waals surface area contributed by atoms with Crippen LogP contribution in [0.2, 0.25) is 0 Å². The number of carbonyl (C=O) groups is 2. The summed E-state index contributed by atoms with van der Waals surface area (Å²) in [5.41, 5.74) is 1.41. The third kappa shape index (κ3) is 6.38. The van der Waals surface area contributed by atoms with Gasteiger partial charge >= 0.3 is 12.6 Å². The first kappa shape index (κ1) is 21.4. The lowest BCUT2D eigenvalue weighted by atomic mass is 10.1. The molecular formula is C20H18F2O5S. The number of carboxylic acids is 1. The summed E-state index contributed by atoms with van der Waals surface area (Å²) in [5.74, 6) is -0.438. The Hall–Kier alpha value is -2.87. The van der Waals surface area contributed by atoms with Gasteiger partial charge in [0.2, 0.25) is 0 Å². The van der Waals surface area contributed by atoms with Crippen LogP contribution in [-0.4, -0.2) is 36.3 Å². The molecular weight excluding hydrogens is 390 g/mol. The van der Waals surface area contributed by atoms with Crippen LogP contribution < -0.4 is 9.47 Å². The van der Waals surface area contributed by atoms with E-state index in [2.05, 4.69) is 4.74 Å². The summed E-state index contributed by atoms with van der Waals surface area (Å²) in [6, 6.07) is 11.0. The predicted octanol–water partition coefficient (Wildman–Crippen LogP) is 4.51. The maximum absolute atomic E-state index is 12.5. The van der Waals surface area contributed by atoms with E-state index in [1.807, 2.05) is 0 Å². The van der Waals surface area contributed by atoms with Crippen LogP contribution in [0.5, 0.6) is 11.5 Å². The average molecular weight is 408 g/mol. The first-order valence-electron chi connectivity index (χ1n) is 8.13. The molecule has 0 aliphatic rings. The summed E-state index contributed by atoms with van der Waals surface area (Å²) in [6.07, 6.45) is 2.67. The third-order valence-electron chi connectivity index (χ3n) is 3.60. The van der Waals surface area contributed by atoms with E-state index in [1.54, 1.807) is 36.4 Å². The molecule has 8 heteroatoms. The number of methoxy groups -OCH3 is 1. The zero-order valence-electron chi connectivity index (χ0n) is 14.9. The minimum Gasteiger partial charge on any atom is -0.496 e. The third-order valence-corrected chi connectivity index (χ3v) is 4.56. The first-order valence-corrected chi connectivity index (χ1v) is 9.29. The molecule has 28 heavy (non-hydrogen) atoms. The minimum absolute atomic E-state index is 0.0259. The number of hydrogen-bond donors (Lipinski definition) is 1. The van der Waals surface area contributed by atoms with Crippen molar-refractivity contribution in [1.82, 2.24) is 0 Å². The number of alkyl halides is 2. The quantitative estimate of drug-likeness (QED) is 0.461. The van der Waals surface area contributed by atoms with Crippen molar-refractivity contribution in [2.75, 3.05) is 12.9 Å². The SMILES string of the molecule is COc1ccc(C(=O)/C=C/c2ccccc2OC(F)F)cc1CSCC(=O)O. The Kier molecular flexibility index (Phi) is 8.01. The van der Waals surface area contributed by atoms with Crippen LogP contribution in [-0.2, 0) is 10.5 Å². The molecule has 0 saturated heterocycles. The smallest absolute Gasteiger partial charge is 0.387 e. The number of ketones is 1. The Labute approximate surface area is 165 Å². The van der Waals surface area contributed by atoms with Crippen molar-refractivity contribution in [3.8, 4) is 11.5 Å². The number of rotatable bonds is 10. The topological polar surface area (TPSA) is 72.8 Å². The Balaban J connectivity index is 2.18. The predicted molar refractivity (Wildman–Crippen MR) is 103 cm³/mol. The van der Waals surface area contributed by atoms with Crippen LogP contribution in [0.25, 0.3) is 6.08 Å². The van der Waals surface area contributed by atoms with E-state index in [0.29, 0.717) is 28.2 Å². The first-order chi connectivity index (χ1) is 13.4. The van der Waals surface area contributed by atoms with Gasteiger partial charge in [-0.05, 0) is 36.4 Å². The number of halogens is 2. The molecule has 0 radical (unpaired) electrons. The number of allylic oxidation sites excluding steroid dienone is 1. The number of thioether (sulfide) groups is 1. The van der Waals surface area contributed by atoms with E-state index in [9.17, 15) is 18.4 Å². The van der Waals surface area contributed by atoms with Crippen molar-refractivity contribution < 1.29 is 33.0 Å². The summed E-state index contributed by atoms with van der Waals surface area (Å²) in [5, 5.41) is 8.74. The fraction of sp³-hybridized carbons (Fsp3) is 0.200. The molecule has 0 unspecified atom stereocenters. The van der Waals surface area contributed by atoms with Gasteiger partial charge in [-0.25, -0.2) is 0 Å². The maximum atomic E-state index is 12.5. The standard InChI is InChI=1S/C20H18F2O5S/c1-26-17-9-7-14(10-15(17)11-28-12-19(24)25)16(23)8-6-13-4-2-3-5-18(13)27-20(21)22/h2-10,20H,11-12H2,1H3,(H,24,25)/b8-6+. The van der Waals surface area contributed by atoms with Gasteiger partial charge in [-0.3, -0.25) is 9.59 Å². The van der Waals surface area contributed by atoms with Crippen LogP contribution >= 0.6 is 11.8 Å². The second-order valence-electron chi connectivity index (χ2n) is 5.53. The normalized spacial score (nSPS) is 11.0. The Morgan fingerprint density at radius 1 is 1.18 bits per heavy atom. The monoisotopic (exact) mass is 408 g/mol. The molecule has 0 amide bonds. The molecule has 0 saturated carbocycles. The molecule has 0 heterocycles. The second kappa shape index (κ2) is 10.5. The molecule has 0 aliphatic heterocycles. The molecule has 2 aromatic rings. The number of benzene rings is 2. The lowest BCUT2D eigenvalue weighted by Crippen LogP contribution is -2.03. The van der Waals surface area contributed by atoms with Gasteiger partial charge in [0.1, 0.15) is 11.5 Å². The van der Waals surface area contributed by atoms with Crippen LogP contribution in [0.4, 0.5) is 8.78 Å². The average Bonchev–Trinajstić information content (AvgIpc) is 2.66. The molecule has 1 N–H and O–H groups in total. The van der Waals surface area contributed by atoms with Gasteiger partial charge in [-0.2, -0.15) is 8.78 Å². The van der Waals surface area contributed by atoms with Gasteiger partial charge in [0, 0.05) is 22.4 Å². The summed E-state index contributed by atoms with van der Waals surface area (Å²) in [4.78, 5) is 23.1. The number of carbonyl (C=O) groups excluding carboxylic acids is 1.